The van der Waals surface area contributed by atoms with Crippen molar-refractivity contribution in [2.45, 2.75) is 45.5 Å². The number of aldehydes is 1. The van der Waals surface area contributed by atoms with Crippen molar-refractivity contribution in [1.29, 1.82) is 0 Å². The largest absolute Gasteiger partial charge is 0.458 e. The molecule has 0 saturated heterocycles. The minimum atomic E-state index is -0.958. The van der Waals surface area contributed by atoms with E-state index in [1.807, 2.05) is 0 Å². The lowest BCUT2D eigenvalue weighted by Gasteiger charge is -2.24. The fourth-order valence-corrected chi connectivity index (χ4v) is 2.13. The van der Waals surface area contributed by atoms with Gasteiger partial charge < -0.3 is 19.0 Å². The van der Waals surface area contributed by atoms with E-state index in [1.54, 1.807) is 0 Å². The maximum absolute atomic E-state index is 11.1. The van der Waals surface area contributed by atoms with Gasteiger partial charge in [0.2, 0.25) is 0 Å². The van der Waals surface area contributed by atoms with E-state index in [2.05, 4.69) is 0 Å². The van der Waals surface area contributed by atoms with Crippen LogP contribution in [0.15, 0.2) is 0 Å². The van der Waals surface area contributed by atoms with Crippen molar-refractivity contribution < 1.29 is 33.4 Å². The minimum Gasteiger partial charge on any atom is -0.458 e. The van der Waals surface area contributed by atoms with Gasteiger partial charge in [0.05, 0.1) is 5.92 Å². The Balaban J connectivity index is 2.93. The standard InChI is InChI=1S/C12H16O7/c1-6(14)17-10-4-9(5-13)11(18-7(2)15)12(10)19-8(3)16/h5,9-12H,4H2,1-3H3/t9-,10-,11-,12+/m1/s1. The summed E-state index contributed by atoms with van der Waals surface area (Å²) in [6.07, 6.45) is -1.92. The number of carbonyl (C=O) groups excluding carboxylic acids is 4. The Morgan fingerprint density at radius 1 is 0.895 bits per heavy atom. The van der Waals surface area contributed by atoms with Gasteiger partial charge in [-0.15, -0.1) is 0 Å². The molecule has 0 aliphatic heterocycles. The molecule has 4 atom stereocenters. The maximum atomic E-state index is 11.1. The molecule has 0 unspecified atom stereocenters. The average Bonchev–Trinajstić information content (AvgIpc) is 2.55. The molecular formula is C12H16O7. The highest BCUT2D eigenvalue weighted by molar-refractivity contribution is 5.69. The molecular weight excluding hydrogens is 256 g/mol. The predicted octanol–water partition coefficient (Wildman–Crippen LogP) is 0.000300. The van der Waals surface area contributed by atoms with Crippen LogP contribution in [0.5, 0.6) is 0 Å². The summed E-state index contributed by atoms with van der Waals surface area (Å²) in [5, 5.41) is 0. The fourth-order valence-electron chi connectivity index (χ4n) is 2.13. The molecule has 0 heterocycles. The Morgan fingerprint density at radius 2 is 1.37 bits per heavy atom. The van der Waals surface area contributed by atoms with E-state index in [0.717, 1.165) is 0 Å². The highest BCUT2D eigenvalue weighted by Crippen LogP contribution is 2.32. The average molecular weight is 272 g/mol. The van der Waals surface area contributed by atoms with Gasteiger partial charge in [-0.05, 0) is 0 Å². The number of hydrogen-bond donors (Lipinski definition) is 0. The Labute approximate surface area is 110 Å². The van der Waals surface area contributed by atoms with E-state index in [4.69, 9.17) is 14.2 Å². The molecule has 1 aliphatic rings. The normalized spacial score (nSPS) is 29.4. The first kappa shape index (κ1) is 15.1. The van der Waals surface area contributed by atoms with E-state index in [-0.39, 0.29) is 6.42 Å². The second-order valence-corrected chi connectivity index (χ2v) is 4.33. The van der Waals surface area contributed by atoms with Gasteiger partial charge in [0.25, 0.3) is 0 Å². The molecule has 1 rings (SSSR count). The molecule has 0 amide bonds. The summed E-state index contributed by atoms with van der Waals surface area (Å²) in [5.41, 5.74) is 0. The van der Waals surface area contributed by atoms with Crippen LogP contribution in [0.1, 0.15) is 27.2 Å². The topological polar surface area (TPSA) is 96.0 Å². The highest BCUT2D eigenvalue weighted by atomic mass is 16.6. The molecule has 1 fully saturated rings. The van der Waals surface area contributed by atoms with Crippen LogP contribution in [0.4, 0.5) is 0 Å². The van der Waals surface area contributed by atoms with E-state index in [9.17, 15) is 19.2 Å². The van der Waals surface area contributed by atoms with E-state index in [0.29, 0.717) is 6.29 Å². The van der Waals surface area contributed by atoms with Crippen molar-refractivity contribution in [3.8, 4) is 0 Å². The fraction of sp³-hybridized carbons (Fsp3) is 0.667. The lowest BCUT2D eigenvalue weighted by atomic mass is 10.1. The molecule has 0 aromatic rings. The maximum Gasteiger partial charge on any atom is 0.303 e. The third kappa shape index (κ3) is 4.04. The molecule has 0 bridgehead atoms. The Hall–Kier alpha value is -1.92. The summed E-state index contributed by atoms with van der Waals surface area (Å²) < 4.78 is 15.0. The molecule has 0 aromatic heterocycles. The second-order valence-electron chi connectivity index (χ2n) is 4.33. The second kappa shape index (κ2) is 6.31. The number of carbonyl (C=O) groups is 4. The SMILES string of the molecule is CC(=O)O[C@@H]1[C@H](OC(C)=O)[C@@H](C=O)C[C@H]1OC(C)=O. The minimum absolute atomic E-state index is 0.152. The summed E-state index contributed by atoms with van der Waals surface area (Å²) in [7, 11) is 0. The molecule has 0 radical (unpaired) electrons. The summed E-state index contributed by atoms with van der Waals surface area (Å²) in [6, 6.07) is 0. The van der Waals surface area contributed by atoms with Crippen LogP contribution in [-0.2, 0) is 33.4 Å². The van der Waals surface area contributed by atoms with Gasteiger partial charge in [0.15, 0.2) is 12.2 Å². The van der Waals surface area contributed by atoms with Crippen molar-refractivity contribution in [3.05, 3.63) is 0 Å². The zero-order valence-electron chi connectivity index (χ0n) is 11.0. The van der Waals surface area contributed by atoms with Gasteiger partial charge in [-0.1, -0.05) is 0 Å². The number of rotatable bonds is 4. The Bertz CT molecular complexity index is 390. The molecule has 19 heavy (non-hydrogen) atoms. The van der Waals surface area contributed by atoms with Crippen LogP contribution in [0.25, 0.3) is 0 Å². The molecule has 1 saturated carbocycles. The summed E-state index contributed by atoms with van der Waals surface area (Å²) in [4.78, 5) is 44.1. The van der Waals surface area contributed by atoms with Crippen molar-refractivity contribution in [3.63, 3.8) is 0 Å². The van der Waals surface area contributed by atoms with E-state index >= 15 is 0 Å². The van der Waals surface area contributed by atoms with Crippen molar-refractivity contribution in [2.24, 2.45) is 5.92 Å². The van der Waals surface area contributed by atoms with Crippen LogP contribution >= 0.6 is 0 Å². The van der Waals surface area contributed by atoms with Crippen molar-refractivity contribution in [2.75, 3.05) is 0 Å². The monoisotopic (exact) mass is 272 g/mol. The van der Waals surface area contributed by atoms with Gasteiger partial charge in [0, 0.05) is 27.2 Å². The van der Waals surface area contributed by atoms with Gasteiger partial charge in [-0.3, -0.25) is 14.4 Å². The van der Waals surface area contributed by atoms with Crippen LogP contribution in [-0.4, -0.2) is 42.5 Å². The zero-order valence-corrected chi connectivity index (χ0v) is 11.0. The smallest absolute Gasteiger partial charge is 0.303 e. The van der Waals surface area contributed by atoms with Crippen LogP contribution < -0.4 is 0 Å². The third-order valence-electron chi connectivity index (χ3n) is 2.71. The zero-order chi connectivity index (χ0) is 14.6. The number of ether oxygens (including phenoxy) is 3. The first-order valence-electron chi connectivity index (χ1n) is 5.82. The molecule has 7 heteroatoms. The van der Waals surface area contributed by atoms with E-state index in [1.165, 1.54) is 20.8 Å². The number of esters is 3. The summed E-state index contributed by atoms with van der Waals surface area (Å²) in [6.45, 7) is 3.58. The Kier molecular flexibility index (Phi) is 5.02. The molecule has 106 valence electrons. The summed E-state index contributed by atoms with van der Waals surface area (Å²) >= 11 is 0. The van der Waals surface area contributed by atoms with Crippen LogP contribution in [0.3, 0.4) is 0 Å². The van der Waals surface area contributed by atoms with E-state index < -0.39 is 42.1 Å². The quantitative estimate of drug-likeness (QED) is 0.403. The summed E-state index contributed by atoms with van der Waals surface area (Å²) in [5.74, 6) is -2.43. The lowest BCUT2D eigenvalue weighted by molar-refractivity contribution is -0.175. The van der Waals surface area contributed by atoms with Crippen molar-refractivity contribution in [1.82, 2.24) is 0 Å². The molecule has 1 aliphatic carbocycles. The number of hydrogen-bond acceptors (Lipinski definition) is 7. The third-order valence-corrected chi connectivity index (χ3v) is 2.71. The van der Waals surface area contributed by atoms with Crippen LogP contribution in [0, 0.1) is 5.92 Å². The predicted molar refractivity (Wildman–Crippen MR) is 60.8 cm³/mol. The molecule has 0 N–H and O–H groups in total. The Morgan fingerprint density at radius 3 is 1.79 bits per heavy atom. The lowest BCUT2D eigenvalue weighted by Crippen LogP contribution is -2.40. The molecule has 0 spiro atoms. The van der Waals surface area contributed by atoms with Gasteiger partial charge in [-0.25, -0.2) is 0 Å². The van der Waals surface area contributed by atoms with Gasteiger partial charge >= 0.3 is 17.9 Å². The van der Waals surface area contributed by atoms with Crippen LogP contribution in [0.2, 0.25) is 0 Å². The van der Waals surface area contributed by atoms with Gasteiger partial charge in [0.1, 0.15) is 12.4 Å². The molecule has 7 nitrogen and oxygen atoms in total. The molecule has 0 aromatic carbocycles. The first-order chi connectivity index (χ1) is 8.85. The van der Waals surface area contributed by atoms with Crippen molar-refractivity contribution >= 4 is 24.2 Å². The van der Waals surface area contributed by atoms with Gasteiger partial charge in [-0.2, -0.15) is 0 Å². The highest BCUT2D eigenvalue weighted by Gasteiger charge is 2.49. The first-order valence-corrected chi connectivity index (χ1v) is 5.82.